The maximum atomic E-state index is 12.5. The predicted octanol–water partition coefficient (Wildman–Crippen LogP) is 3.23. The Labute approximate surface area is 164 Å². The lowest BCUT2D eigenvalue weighted by atomic mass is 10.0. The molecule has 0 aliphatic carbocycles. The molecule has 148 valence electrons. The highest BCUT2D eigenvalue weighted by molar-refractivity contribution is 6.05. The van der Waals surface area contributed by atoms with Crippen LogP contribution in [0.1, 0.15) is 61.3 Å². The molecule has 28 heavy (non-hydrogen) atoms. The number of nitrogens with zero attached hydrogens (tertiary/aromatic N) is 2. The molecule has 8 heteroatoms. The fourth-order valence-corrected chi connectivity index (χ4v) is 3.83. The molecule has 0 saturated carbocycles. The molecular formula is C20H26N6O2. The summed E-state index contributed by atoms with van der Waals surface area (Å²) in [6.45, 7) is 7.67. The Morgan fingerprint density at radius 3 is 2.93 bits per heavy atom. The summed E-state index contributed by atoms with van der Waals surface area (Å²) in [5, 5.41) is 16.1. The number of fused-ring (bicyclic) bond motifs is 3. The second-order valence-electron chi connectivity index (χ2n) is 8.38. The standard InChI is InChI=1S/C20H26N6O2/c1-20(2,3)21-11-12-10-16(25-24-12)23-19(28)22-14-7-4-6-13-17(14)15-8-5-9-26(15)18(13)27/h4,6-7,10,15,21H,5,8-9,11H2,1-3H3,(H3,22,23,24,25,28)/t15-/m0/s1. The number of benzene rings is 1. The highest BCUT2D eigenvalue weighted by Crippen LogP contribution is 2.44. The first kappa shape index (κ1) is 18.5. The van der Waals surface area contributed by atoms with E-state index in [0.29, 0.717) is 23.6 Å². The lowest BCUT2D eigenvalue weighted by Gasteiger charge is -2.19. The van der Waals surface area contributed by atoms with Gasteiger partial charge in [-0.1, -0.05) is 6.07 Å². The zero-order chi connectivity index (χ0) is 19.9. The number of carbonyl (C=O) groups excluding carboxylic acids is 2. The Hall–Kier alpha value is -2.87. The number of amides is 3. The minimum Gasteiger partial charge on any atom is -0.331 e. The molecule has 1 aromatic carbocycles. The molecule has 2 aliphatic heterocycles. The van der Waals surface area contributed by atoms with E-state index in [9.17, 15) is 9.59 Å². The van der Waals surface area contributed by atoms with Gasteiger partial charge >= 0.3 is 6.03 Å². The van der Waals surface area contributed by atoms with Crippen molar-refractivity contribution >= 4 is 23.4 Å². The largest absolute Gasteiger partial charge is 0.331 e. The van der Waals surface area contributed by atoms with Crippen LogP contribution in [0.4, 0.5) is 16.3 Å². The molecule has 0 radical (unpaired) electrons. The molecule has 4 N–H and O–H groups in total. The first-order valence-electron chi connectivity index (χ1n) is 9.63. The number of nitrogens with one attached hydrogen (secondary N) is 4. The lowest BCUT2D eigenvalue weighted by Crippen LogP contribution is -2.35. The van der Waals surface area contributed by atoms with Crippen molar-refractivity contribution in [2.24, 2.45) is 0 Å². The fraction of sp³-hybridized carbons (Fsp3) is 0.450. The van der Waals surface area contributed by atoms with Crippen LogP contribution in [0.15, 0.2) is 24.3 Å². The quantitative estimate of drug-likeness (QED) is 0.652. The summed E-state index contributed by atoms with van der Waals surface area (Å²) in [4.78, 5) is 26.9. The number of urea groups is 1. The number of hydrogen-bond donors (Lipinski definition) is 4. The van der Waals surface area contributed by atoms with E-state index in [-0.39, 0.29) is 23.5 Å². The molecule has 1 atom stereocenters. The van der Waals surface area contributed by atoms with Gasteiger partial charge in [-0.15, -0.1) is 0 Å². The van der Waals surface area contributed by atoms with Crippen molar-refractivity contribution in [3.05, 3.63) is 41.1 Å². The van der Waals surface area contributed by atoms with E-state index < -0.39 is 0 Å². The maximum absolute atomic E-state index is 12.5. The van der Waals surface area contributed by atoms with Crippen LogP contribution in [0.25, 0.3) is 0 Å². The maximum Gasteiger partial charge on any atom is 0.324 e. The van der Waals surface area contributed by atoms with Crippen molar-refractivity contribution in [2.75, 3.05) is 17.2 Å². The predicted molar refractivity (Wildman–Crippen MR) is 107 cm³/mol. The summed E-state index contributed by atoms with van der Waals surface area (Å²) in [7, 11) is 0. The number of aromatic nitrogens is 2. The SMILES string of the molecule is CC(C)(C)NCc1cc(NC(=O)Nc2cccc3c2[C@@H]2CCCN2C3=O)n[nH]1. The summed E-state index contributed by atoms with van der Waals surface area (Å²) in [6.07, 6.45) is 1.93. The lowest BCUT2D eigenvalue weighted by molar-refractivity contribution is 0.0776. The van der Waals surface area contributed by atoms with Gasteiger partial charge in [0.1, 0.15) is 0 Å². The molecule has 2 aliphatic rings. The smallest absolute Gasteiger partial charge is 0.324 e. The normalized spacial score (nSPS) is 18.2. The molecule has 3 amide bonds. The third kappa shape index (κ3) is 3.60. The van der Waals surface area contributed by atoms with Gasteiger partial charge in [0.15, 0.2) is 5.82 Å². The van der Waals surface area contributed by atoms with Gasteiger partial charge in [0.05, 0.1) is 11.7 Å². The Morgan fingerprint density at radius 1 is 1.32 bits per heavy atom. The second-order valence-corrected chi connectivity index (χ2v) is 8.38. The second kappa shape index (κ2) is 6.94. The van der Waals surface area contributed by atoms with E-state index in [4.69, 9.17) is 0 Å². The van der Waals surface area contributed by atoms with Gasteiger partial charge in [-0.3, -0.25) is 15.2 Å². The van der Waals surface area contributed by atoms with E-state index >= 15 is 0 Å². The third-order valence-corrected chi connectivity index (χ3v) is 5.11. The van der Waals surface area contributed by atoms with E-state index in [1.165, 1.54) is 0 Å². The first-order chi connectivity index (χ1) is 13.3. The Balaban J connectivity index is 1.43. The van der Waals surface area contributed by atoms with Crippen molar-refractivity contribution in [2.45, 2.75) is 51.7 Å². The van der Waals surface area contributed by atoms with Gasteiger partial charge in [-0.25, -0.2) is 4.79 Å². The molecule has 0 bridgehead atoms. The van der Waals surface area contributed by atoms with Crippen molar-refractivity contribution in [1.82, 2.24) is 20.4 Å². The zero-order valence-electron chi connectivity index (χ0n) is 16.4. The van der Waals surface area contributed by atoms with Gasteiger partial charge in [0.2, 0.25) is 0 Å². The minimum atomic E-state index is -0.376. The molecule has 8 nitrogen and oxygen atoms in total. The highest BCUT2D eigenvalue weighted by atomic mass is 16.2. The molecule has 4 rings (SSSR count). The number of H-pyrrole nitrogens is 1. The van der Waals surface area contributed by atoms with E-state index in [1.807, 2.05) is 17.0 Å². The fourth-order valence-electron chi connectivity index (χ4n) is 3.83. The molecule has 1 saturated heterocycles. The number of aromatic amines is 1. The topological polar surface area (TPSA) is 102 Å². The van der Waals surface area contributed by atoms with Crippen molar-refractivity contribution in [3.63, 3.8) is 0 Å². The molecule has 0 unspecified atom stereocenters. The third-order valence-electron chi connectivity index (χ3n) is 5.11. The Bertz CT molecular complexity index is 914. The van der Waals surface area contributed by atoms with Crippen molar-refractivity contribution in [1.29, 1.82) is 0 Å². The van der Waals surface area contributed by atoms with Crippen LogP contribution >= 0.6 is 0 Å². The summed E-state index contributed by atoms with van der Waals surface area (Å²) >= 11 is 0. The van der Waals surface area contributed by atoms with E-state index in [2.05, 4.69) is 46.9 Å². The molecule has 1 fully saturated rings. The van der Waals surface area contributed by atoms with E-state index in [1.54, 1.807) is 12.1 Å². The van der Waals surface area contributed by atoms with Crippen LogP contribution in [0, 0.1) is 0 Å². The number of anilines is 2. The van der Waals surface area contributed by atoms with Gasteiger partial charge in [-0.2, -0.15) is 5.10 Å². The Kier molecular flexibility index (Phi) is 4.58. The molecule has 2 aromatic rings. The molecular weight excluding hydrogens is 356 g/mol. The number of carbonyl (C=O) groups is 2. The average molecular weight is 382 g/mol. The highest BCUT2D eigenvalue weighted by Gasteiger charge is 2.41. The van der Waals surface area contributed by atoms with Crippen LogP contribution in [0.5, 0.6) is 0 Å². The summed E-state index contributed by atoms with van der Waals surface area (Å²) in [5.74, 6) is 0.513. The monoisotopic (exact) mass is 382 g/mol. The number of rotatable bonds is 4. The van der Waals surface area contributed by atoms with Crippen LogP contribution in [-0.2, 0) is 6.54 Å². The van der Waals surface area contributed by atoms with Crippen LogP contribution in [0.3, 0.4) is 0 Å². The van der Waals surface area contributed by atoms with Gasteiger partial charge in [0.25, 0.3) is 5.91 Å². The van der Waals surface area contributed by atoms with Crippen molar-refractivity contribution < 1.29 is 9.59 Å². The van der Waals surface area contributed by atoms with Gasteiger partial charge < -0.3 is 15.5 Å². The van der Waals surface area contributed by atoms with Crippen LogP contribution < -0.4 is 16.0 Å². The summed E-state index contributed by atoms with van der Waals surface area (Å²) in [6, 6.07) is 6.98. The molecule has 3 heterocycles. The first-order valence-corrected chi connectivity index (χ1v) is 9.63. The van der Waals surface area contributed by atoms with Gasteiger partial charge in [-0.05, 0) is 45.7 Å². The average Bonchev–Trinajstić information content (AvgIpc) is 3.32. The molecule has 0 spiro atoms. The van der Waals surface area contributed by atoms with Crippen LogP contribution in [0.2, 0.25) is 0 Å². The minimum absolute atomic E-state index is 0.00464. The molecule has 1 aromatic heterocycles. The Morgan fingerprint density at radius 2 is 2.14 bits per heavy atom. The van der Waals surface area contributed by atoms with E-state index in [0.717, 1.165) is 30.6 Å². The zero-order valence-corrected chi connectivity index (χ0v) is 16.4. The summed E-state index contributed by atoms with van der Waals surface area (Å²) in [5.41, 5.74) is 3.19. The van der Waals surface area contributed by atoms with Gasteiger partial charge in [0, 0.05) is 41.5 Å². The van der Waals surface area contributed by atoms with Crippen LogP contribution in [-0.4, -0.2) is 39.1 Å². The van der Waals surface area contributed by atoms with Crippen molar-refractivity contribution in [3.8, 4) is 0 Å². The number of hydrogen-bond acceptors (Lipinski definition) is 4. The summed E-state index contributed by atoms with van der Waals surface area (Å²) < 4.78 is 0.